The summed E-state index contributed by atoms with van der Waals surface area (Å²) in [5, 5.41) is 9.68. The largest absolute Gasteiger partial charge is 0.478 e. The summed E-state index contributed by atoms with van der Waals surface area (Å²) in [4.78, 5) is 23.9. The Morgan fingerprint density at radius 1 is 0.955 bits per heavy atom. The third-order valence-electron chi connectivity index (χ3n) is 3.03. The van der Waals surface area contributed by atoms with Gasteiger partial charge in [0.25, 0.3) is 0 Å². The maximum absolute atomic E-state index is 11.0. The van der Waals surface area contributed by atoms with Crippen LogP contribution in [-0.4, -0.2) is 26.0 Å². The molecule has 22 heavy (non-hydrogen) atoms. The van der Waals surface area contributed by atoms with Crippen molar-refractivity contribution < 1.29 is 9.90 Å². The Labute approximate surface area is 131 Å². The van der Waals surface area contributed by atoms with E-state index in [1.54, 1.807) is 24.4 Å². The van der Waals surface area contributed by atoms with Crippen LogP contribution in [0.25, 0.3) is 22.8 Å². The quantitative estimate of drug-likeness (QED) is 0.800. The number of halogens is 1. The Bertz CT molecular complexity index is 835. The highest BCUT2D eigenvalue weighted by atomic mass is 35.5. The number of aromatic carboxylic acids is 1. The van der Waals surface area contributed by atoms with Gasteiger partial charge in [-0.15, -0.1) is 0 Å². The van der Waals surface area contributed by atoms with E-state index in [-0.39, 0.29) is 5.56 Å². The van der Waals surface area contributed by atoms with Crippen molar-refractivity contribution in [2.24, 2.45) is 0 Å². The summed E-state index contributed by atoms with van der Waals surface area (Å²) in [6.07, 6.45) is 3.06. The molecule has 0 radical (unpaired) electrons. The van der Waals surface area contributed by atoms with Gasteiger partial charge < -0.3 is 5.11 Å². The number of hydrogen-bond acceptors (Lipinski definition) is 4. The molecule has 0 bridgehead atoms. The Kier molecular flexibility index (Phi) is 3.80. The second-order valence-corrected chi connectivity index (χ2v) is 4.94. The summed E-state index contributed by atoms with van der Waals surface area (Å²) >= 11 is 5.87. The molecule has 0 unspecified atom stereocenters. The van der Waals surface area contributed by atoms with Crippen LogP contribution < -0.4 is 0 Å². The van der Waals surface area contributed by atoms with Crippen molar-refractivity contribution in [3.8, 4) is 22.8 Å². The van der Waals surface area contributed by atoms with Crippen molar-refractivity contribution in [1.29, 1.82) is 0 Å². The standard InChI is InChI=1S/C16H10ClN3O2/c17-12-3-1-10(2-4-12)15-19-8-6-13(20-15)14-9-11(16(21)22)5-7-18-14/h1-9H,(H,21,22). The van der Waals surface area contributed by atoms with E-state index in [0.717, 1.165) is 5.56 Å². The normalized spacial score (nSPS) is 10.4. The first-order chi connectivity index (χ1) is 10.6. The SMILES string of the molecule is O=C(O)c1ccnc(-c2ccnc(-c3ccc(Cl)cc3)n2)c1. The van der Waals surface area contributed by atoms with Crippen molar-refractivity contribution in [2.45, 2.75) is 0 Å². The number of aromatic nitrogens is 3. The zero-order valence-corrected chi connectivity index (χ0v) is 12.0. The van der Waals surface area contributed by atoms with Crippen LogP contribution >= 0.6 is 11.6 Å². The van der Waals surface area contributed by atoms with E-state index in [2.05, 4.69) is 15.0 Å². The van der Waals surface area contributed by atoms with Crippen LogP contribution in [0.15, 0.2) is 54.9 Å². The Morgan fingerprint density at radius 3 is 2.41 bits per heavy atom. The number of hydrogen-bond donors (Lipinski definition) is 1. The minimum absolute atomic E-state index is 0.164. The van der Waals surface area contributed by atoms with Crippen molar-refractivity contribution in [2.75, 3.05) is 0 Å². The number of carboxylic acids is 1. The van der Waals surface area contributed by atoms with E-state index in [1.165, 1.54) is 18.3 Å². The molecule has 2 heterocycles. The first-order valence-electron chi connectivity index (χ1n) is 6.42. The zero-order valence-electron chi connectivity index (χ0n) is 11.3. The topological polar surface area (TPSA) is 76.0 Å². The van der Waals surface area contributed by atoms with E-state index in [1.807, 2.05) is 12.1 Å². The third-order valence-corrected chi connectivity index (χ3v) is 3.28. The third kappa shape index (κ3) is 2.94. The fourth-order valence-electron chi connectivity index (χ4n) is 1.94. The van der Waals surface area contributed by atoms with E-state index >= 15 is 0 Å². The number of benzene rings is 1. The maximum atomic E-state index is 11.0. The average Bonchev–Trinajstić information content (AvgIpc) is 2.56. The van der Waals surface area contributed by atoms with Gasteiger partial charge in [0, 0.05) is 23.0 Å². The highest BCUT2D eigenvalue weighted by Crippen LogP contribution is 2.21. The van der Waals surface area contributed by atoms with E-state index in [4.69, 9.17) is 16.7 Å². The summed E-state index contributed by atoms with van der Waals surface area (Å²) in [5.74, 6) is -0.479. The first-order valence-corrected chi connectivity index (χ1v) is 6.80. The molecule has 3 rings (SSSR count). The predicted molar refractivity (Wildman–Crippen MR) is 82.7 cm³/mol. The molecular weight excluding hydrogens is 302 g/mol. The zero-order chi connectivity index (χ0) is 15.5. The summed E-state index contributed by atoms with van der Waals surface area (Å²) in [6, 6.07) is 11.8. The molecule has 5 nitrogen and oxygen atoms in total. The Morgan fingerprint density at radius 2 is 1.68 bits per heavy atom. The van der Waals surface area contributed by atoms with Gasteiger partial charge in [0.05, 0.1) is 17.0 Å². The number of carboxylic acid groups (broad SMARTS) is 1. The molecule has 0 aliphatic rings. The lowest BCUT2D eigenvalue weighted by molar-refractivity contribution is 0.0697. The minimum Gasteiger partial charge on any atom is -0.478 e. The van der Waals surface area contributed by atoms with Gasteiger partial charge in [-0.05, 0) is 42.5 Å². The molecule has 0 spiro atoms. The monoisotopic (exact) mass is 311 g/mol. The molecule has 1 aromatic carbocycles. The lowest BCUT2D eigenvalue weighted by atomic mass is 10.1. The first kappa shape index (κ1) is 14.2. The molecule has 0 saturated carbocycles. The average molecular weight is 312 g/mol. The van der Waals surface area contributed by atoms with Crippen LogP contribution in [0.3, 0.4) is 0 Å². The number of nitrogens with zero attached hydrogens (tertiary/aromatic N) is 3. The van der Waals surface area contributed by atoms with Crippen molar-refractivity contribution in [3.05, 3.63) is 65.4 Å². The molecule has 0 saturated heterocycles. The molecule has 0 aliphatic carbocycles. The number of rotatable bonds is 3. The summed E-state index contributed by atoms with van der Waals surface area (Å²) in [7, 11) is 0. The smallest absolute Gasteiger partial charge is 0.335 e. The molecule has 0 aliphatic heterocycles. The van der Waals surface area contributed by atoms with Gasteiger partial charge in [-0.1, -0.05) is 11.6 Å². The van der Waals surface area contributed by atoms with Gasteiger partial charge in [0.15, 0.2) is 5.82 Å². The predicted octanol–water partition coefficient (Wildman–Crippen LogP) is 3.56. The van der Waals surface area contributed by atoms with E-state index in [0.29, 0.717) is 22.2 Å². The Hall–Kier alpha value is -2.79. The number of carbonyl (C=O) groups is 1. The highest BCUT2D eigenvalue weighted by molar-refractivity contribution is 6.30. The fraction of sp³-hybridized carbons (Fsp3) is 0. The van der Waals surface area contributed by atoms with Crippen LogP contribution in [0.1, 0.15) is 10.4 Å². The second-order valence-electron chi connectivity index (χ2n) is 4.51. The Balaban J connectivity index is 2.02. The molecule has 3 aromatic rings. The van der Waals surface area contributed by atoms with Gasteiger partial charge in [-0.25, -0.2) is 14.8 Å². The summed E-state index contributed by atoms with van der Waals surface area (Å²) < 4.78 is 0. The van der Waals surface area contributed by atoms with E-state index in [9.17, 15) is 4.79 Å². The van der Waals surface area contributed by atoms with Crippen molar-refractivity contribution in [1.82, 2.24) is 15.0 Å². The van der Waals surface area contributed by atoms with Crippen molar-refractivity contribution >= 4 is 17.6 Å². The maximum Gasteiger partial charge on any atom is 0.335 e. The fourth-order valence-corrected chi connectivity index (χ4v) is 2.07. The molecule has 1 N–H and O–H groups in total. The van der Waals surface area contributed by atoms with Gasteiger partial charge in [-0.2, -0.15) is 0 Å². The molecule has 0 atom stereocenters. The van der Waals surface area contributed by atoms with Crippen LogP contribution in [0.4, 0.5) is 0 Å². The van der Waals surface area contributed by atoms with Crippen molar-refractivity contribution in [3.63, 3.8) is 0 Å². The summed E-state index contributed by atoms with van der Waals surface area (Å²) in [6.45, 7) is 0. The second kappa shape index (κ2) is 5.91. The van der Waals surface area contributed by atoms with Crippen LogP contribution in [-0.2, 0) is 0 Å². The lowest BCUT2D eigenvalue weighted by Gasteiger charge is -2.04. The van der Waals surface area contributed by atoms with Gasteiger partial charge in [0.1, 0.15) is 0 Å². The van der Waals surface area contributed by atoms with Gasteiger partial charge >= 0.3 is 5.97 Å². The van der Waals surface area contributed by atoms with Crippen LogP contribution in [0.5, 0.6) is 0 Å². The van der Waals surface area contributed by atoms with Gasteiger partial charge in [0.2, 0.25) is 0 Å². The lowest BCUT2D eigenvalue weighted by Crippen LogP contribution is -1.98. The van der Waals surface area contributed by atoms with Crippen LogP contribution in [0.2, 0.25) is 5.02 Å². The molecule has 0 fully saturated rings. The molecular formula is C16H10ClN3O2. The molecule has 108 valence electrons. The minimum atomic E-state index is -1.00. The molecule has 6 heteroatoms. The number of pyridine rings is 1. The summed E-state index contributed by atoms with van der Waals surface area (Å²) in [5.41, 5.74) is 2.03. The van der Waals surface area contributed by atoms with E-state index < -0.39 is 5.97 Å². The molecule has 0 amide bonds. The van der Waals surface area contributed by atoms with Crippen LogP contribution in [0, 0.1) is 0 Å². The molecule has 2 aromatic heterocycles. The highest BCUT2D eigenvalue weighted by Gasteiger charge is 2.09. The van der Waals surface area contributed by atoms with Gasteiger partial charge in [-0.3, -0.25) is 4.98 Å².